The van der Waals surface area contributed by atoms with Crippen LogP contribution >= 0.6 is 0 Å². The van der Waals surface area contributed by atoms with Crippen LogP contribution in [0.1, 0.15) is 106 Å². The summed E-state index contributed by atoms with van der Waals surface area (Å²) >= 11 is 0. The van der Waals surface area contributed by atoms with Crippen molar-refractivity contribution in [1.82, 2.24) is 0 Å². The van der Waals surface area contributed by atoms with E-state index in [1.807, 2.05) is 5.57 Å². The van der Waals surface area contributed by atoms with Crippen LogP contribution in [0.2, 0.25) is 0 Å². The molecule has 6 unspecified atom stereocenters. The molecule has 4 rings (SSSR count). The minimum absolute atomic E-state index is 0.0400. The Kier molecular flexibility index (Phi) is 6.04. The zero-order chi connectivity index (χ0) is 21.0. The van der Waals surface area contributed by atoms with Gasteiger partial charge in [0.15, 0.2) is 0 Å². The van der Waals surface area contributed by atoms with Crippen LogP contribution in [0.15, 0.2) is 11.6 Å². The molecule has 29 heavy (non-hydrogen) atoms. The van der Waals surface area contributed by atoms with E-state index in [2.05, 4.69) is 47.6 Å². The van der Waals surface area contributed by atoms with Crippen molar-refractivity contribution in [3.8, 4) is 0 Å². The van der Waals surface area contributed by atoms with E-state index in [0.717, 1.165) is 54.3 Å². The third-order valence-electron chi connectivity index (χ3n) is 11.0. The first-order valence-electron chi connectivity index (χ1n) is 13.0. The lowest BCUT2D eigenvalue weighted by atomic mass is 9.47. The van der Waals surface area contributed by atoms with Crippen molar-refractivity contribution in [1.29, 1.82) is 0 Å². The molecule has 1 nitrogen and oxygen atoms in total. The van der Waals surface area contributed by atoms with Gasteiger partial charge >= 0.3 is 0 Å². The van der Waals surface area contributed by atoms with E-state index in [-0.39, 0.29) is 6.10 Å². The van der Waals surface area contributed by atoms with Crippen LogP contribution in [0.25, 0.3) is 0 Å². The second kappa shape index (κ2) is 7.99. The standard InChI is InChI=1S/C28H48O/c1-18(2)19(3)7-8-20(4)24-11-12-25-23-10-9-21-17-22(29)13-15-27(21,5)26(23)14-16-28(24,25)6/h10,18-22,24-26,29H,7-9,11-17H2,1-6H3/t19-,20+,21?,22?,24?,25?,26?,27+,28?/m0/s1. The molecular weight excluding hydrogens is 352 g/mol. The molecule has 4 aliphatic carbocycles. The molecule has 1 heteroatoms. The fraction of sp³-hybridized carbons (Fsp3) is 0.929. The fourth-order valence-corrected chi connectivity index (χ4v) is 8.53. The maximum absolute atomic E-state index is 10.2. The number of rotatable bonds is 5. The predicted molar refractivity (Wildman–Crippen MR) is 124 cm³/mol. The smallest absolute Gasteiger partial charge is 0.0543 e. The van der Waals surface area contributed by atoms with Crippen molar-refractivity contribution >= 4 is 0 Å². The summed E-state index contributed by atoms with van der Waals surface area (Å²) < 4.78 is 0. The van der Waals surface area contributed by atoms with Crippen LogP contribution in [-0.4, -0.2) is 11.2 Å². The first-order valence-corrected chi connectivity index (χ1v) is 13.0. The maximum atomic E-state index is 10.2. The molecule has 3 fully saturated rings. The van der Waals surface area contributed by atoms with Gasteiger partial charge in [-0.15, -0.1) is 0 Å². The van der Waals surface area contributed by atoms with E-state index in [0.29, 0.717) is 10.8 Å². The summed E-state index contributed by atoms with van der Waals surface area (Å²) in [6.07, 6.45) is 15.8. The first-order chi connectivity index (χ1) is 13.7. The molecule has 0 aromatic carbocycles. The lowest BCUT2D eigenvalue weighted by molar-refractivity contribution is -0.0428. The largest absolute Gasteiger partial charge is 0.393 e. The Morgan fingerprint density at radius 1 is 0.931 bits per heavy atom. The van der Waals surface area contributed by atoms with Crippen molar-refractivity contribution in [2.75, 3.05) is 0 Å². The van der Waals surface area contributed by atoms with Gasteiger partial charge in [-0.05, 0) is 104 Å². The molecular formula is C28H48O. The number of allylic oxidation sites excluding steroid dienone is 2. The second-order valence-corrected chi connectivity index (χ2v) is 12.7. The maximum Gasteiger partial charge on any atom is 0.0543 e. The molecule has 0 spiro atoms. The fourth-order valence-electron chi connectivity index (χ4n) is 8.53. The summed E-state index contributed by atoms with van der Waals surface area (Å²) in [7, 11) is 0. The van der Waals surface area contributed by atoms with Gasteiger partial charge < -0.3 is 5.11 Å². The van der Waals surface area contributed by atoms with Gasteiger partial charge in [0.2, 0.25) is 0 Å². The normalized spacial score (nSPS) is 46.5. The van der Waals surface area contributed by atoms with Crippen molar-refractivity contribution in [3.63, 3.8) is 0 Å². The van der Waals surface area contributed by atoms with Gasteiger partial charge in [0.1, 0.15) is 0 Å². The highest BCUT2D eigenvalue weighted by Crippen LogP contribution is 2.67. The lowest BCUT2D eigenvalue weighted by Gasteiger charge is -2.57. The predicted octanol–water partition coefficient (Wildman–Crippen LogP) is 7.63. The van der Waals surface area contributed by atoms with E-state index < -0.39 is 0 Å². The average Bonchev–Trinajstić information content (AvgIpc) is 3.03. The lowest BCUT2D eigenvalue weighted by Crippen LogP contribution is -2.49. The molecule has 3 saturated carbocycles. The Bertz CT molecular complexity index is 620. The van der Waals surface area contributed by atoms with Crippen molar-refractivity contribution in [2.24, 2.45) is 52.3 Å². The molecule has 0 radical (unpaired) electrons. The van der Waals surface area contributed by atoms with Crippen molar-refractivity contribution in [3.05, 3.63) is 11.6 Å². The molecule has 0 aromatic rings. The van der Waals surface area contributed by atoms with Gasteiger partial charge in [0.05, 0.1) is 6.10 Å². The third kappa shape index (κ3) is 3.66. The third-order valence-corrected chi connectivity index (χ3v) is 11.0. The monoisotopic (exact) mass is 400 g/mol. The van der Waals surface area contributed by atoms with Crippen molar-refractivity contribution in [2.45, 2.75) is 112 Å². The molecule has 4 aliphatic rings. The van der Waals surface area contributed by atoms with Gasteiger partial charge in [-0.1, -0.05) is 66.0 Å². The molecule has 1 N–H and O–H groups in total. The van der Waals surface area contributed by atoms with Gasteiger partial charge in [-0.3, -0.25) is 0 Å². The van der Waals surface area contributed by atoms with Crippen molar-refractivity contribution < 1.29 is 5.11 Å². The zero-order valence-corrected chi connectivity index (χ0v) is 20.2. The minimum atomic E-state index is -0.0400. The summed E-state index contributed by atoms with van der Waals surface area (Å²) in [5.41, 5.74) is 2.88. The highest BCUT2D eigenvalue weighted by molar-refractivity contribution is 5.27. The number of aliphatic hydroxyl groups is 1. The molecule has 0 amide bonds. The molecule has 0 heterocycles. The van der Waals surface area contributed by atoms with Gasteiger partial charge in [-0.25, -0.2) is 0 Å². The second-order valence-electron chi connectivity index (χ2n) is 12.7. The summed E-state index contributed by atoms with van der Waals surface area (Å²) in [6, 6.07) is 0. The van der Waals surface area contributed by atoms with Gasteiger partial charge in [-0.2, -0.15) is 0 Å². The topological polar surface area (TPSA) is 20.2 Å². The average molecular weight is 401 g/mol. The Balaban J connectivity index is 1.50. The molecule has 166 valence electrons. The van der Waals surface area contributed by atoms with Crippen LogP contribution < -0.4 is 0 Å². The molecule has 0 aliphatic heterocycles. The summed E-state index contributed by atoms with van der Waals surface area (Å²) in [5, 5.41) is 10.2. The van der Waals surface area contributed by atoms with Gasteiger partial charge in [0.25, 0.3) is 0 Å². The van der Waals surface area contributed by atoms with Gasteiger partial charge in [0, 0.05) is 0 Å². The first kappa shape index (κ1) is 21.9. The van der Waals surface area contributed by atoms with E-state index in [9.17, 15) is 5.11 Å². The Morgan fingerprint density at radius 3 is 2.34 bits per heavy atom. The molecule has 0 bridgehead atoms. The highest BCUT2D eigenvalue weighted by Gasteiger charge is 2.58. The number of aliphatic hydroxyl groups excluding tert-OH is 1. The van der Waals surface area contributed by atoms with E-state index in [1.54, 1.807) is 0 Å². The highest BCUT2D eigenvalue weighted by atomic mass is 16.3. The Morgan fingerprint density at radius 2 is 1.62 bits per heavy atom. The summed E-state index contributed by atoms with van der Waals surface area (Å²) in [5.74, 6) is 5.85. The van der Waals surface area contributed by atoms with Crippen LogP contribution in [0, 0.1) is 52.3 Å². The summed E-state index contributed by atoms with van der Waals surface area (Å²) in [6.45, 7) is 15.1. The molecule has 9 atom stereocenters. The SMILES string of the molecule is CC(C)[C@@H](C)CC[C@@H](C)C1CCC2C3=CCC4CC(O)CC[C@@]4(C)C3CCC21C. The van der Waals surface area contributed by atoms with E-state index in [4.69, 9.17) is 0 Å². The Hall–Kier alpha value is -0.300. The number of fused-ring (bicyclic) bond motifs is 5. The minimum Gasteiger partial charge on any atom is -0.393 e. The van der Waals surface area contributed by atoms with E-state index in [1.165, 1.54) is 51.4 Å². The van der Waals surface area contributed by atoms with E-state index >= 15 is 0 Å². The molecule has 0 aromatic heterocycles. The summed E-state index contributed by atoms with van der Waals surface area (Å²) in [4.78, 5) is 0. The van der Waals surface area contributed by atoms with Crippen LogP contribution in [0.5, 0.6) is 0 Å². The van der Waals surface area contributed by atoms with Crippen LogP contribution in [0.4, 0.5) is 0 Å². The number of hydrogen-bond acceptors (Lipinski definition) is 1. The molecule has 0 saturated heterocycles. The van der Waals surface area contributed by atoms with Crippen LogP contribution in [-0.2, 0) is 0 Å². The van der Waals surface area contributed by atoms with Crippen LogP contribution in [0.3, 0.4) is 0 Å². The Labute approximate surface area is 181 Å². The quantitative estimate of drug-likeness (QED) is 0.470. The zero-order valence-electron chi connectivity index (χ0n) is 20.2. The number of hydrogen-bond donors (Lipinski definition) is 1.